The lowest BCUT2D eigenvalue weighted by Gasteiger charge is -2.24. The van der Waals surface area contributed by atoms with Gasteiger partial charge in [0.1, 0.15) is 11.5 Å². The van der Waals surface area contributed by atoms with Crippen molar-refractivity contribution in [3.8, 4) is 11.5 Å². The van der Waals surface area contributed by atoms with Crippen molar-refractivity contribution in [3.63, 3.8) is 0 Å². The summed E-state index contributed by atoms with van der Waals surface area (Å²) in [7, 11) is 3.38. The zero-order valence-corrected chi connectivity index (χ0v) is 30.6. The normalized spacial score (nSPS) is 17.2. The predicted octanol–water partition coefficient (Wildman–Crippen LogP) is 9.06. The number of ether oxygens (including phenoxy) is 2. The van der Waals surface area contributed by atoms with Crippen molar-refractivity contribution in [2.24, 2.45) is 0 Å². The molecule has 2 bridgehead atoms. The highest BCUT2D eigenvalue weighted by Crippen LogP contribution is 2.23. The van der Waals surface area contributed by atoms with Gasteiger partial charge >= 0.3 is 0 Å². The van der Waals surface area contributed by atoms with Gasteiger partial charge in [0, 0.05) is 74.6 Å². The smallest absolute Gasteiger partial charge is 0.222 e. The fourth-order valence-electron chi connectivity index (χ4n) is 6.62. The quantitative estimate of drug-likeness (QED) is 0.270. The summed E-state index contributed by atoms with van der Waals surface area (Å²) in [5, 5.41) is 7.05. The molecule has 0 atom stereocenters. The van der Waals surface area contributed by atoms with E-state index in [1.807, 2.05) is 46.2 Å². The van der Waals surface area contributed by atoms with E-state index in [0.29, 0.717) is 25.9 Å². The summed E-state index contributed by atoms with van der Waals surface area (Å²) in [6.45, 7) is 4.44. The van der Waals surface area contributed by atoms with E-state index in [1.54, 1.807) is 14.2 Å². The molecule has 0 saturated heterocycles. The minimum atomic E-state index is 0.222. The molecular weight excluding hydrogens is 624 g/mol. The van der Waals surface area contributed by atoms with Gasteiger partial charge in [-0.1, -0.05) is 74.9 Å². The molecule has 2 N–H and O–H groups in total. The molecule has 0 saturated carbocycles. The van der Waals surface area contributed by atoms with Gasteiger partial charge in [0.25, 0.3) is 0 Å². The van der Waals surface area contributed by atoms with Crippen LogP contribution >= 0.6 is 0 Å². The molecule has 2 aliphatic heterocycles. The summed E-state index contributed by atoms with van der Waals surface area (Å²) >= 11 is 0. The third-order valence-corrected chi connectivity index (χ3v) is 9.60. The number of methoxy groups -OCH3 is 2. The van der Waals surface area contributed by atoms with Crippen molar-refractivity contribution in [3.05, 3.63) is 83.9 Å². The first-order valence-electron chi connectivity index (χ1n) is 18.9. The lowest BCUT2D eigenvalue weighted by atomic mass is 10.1. The van der Waals surface area contributed by atoms with Crippen LogP contribution < -0.4 is 20.1 Å². The Morgan fingerprint density at radius 1 is 0.500 bits per heavy atom. The number of anilines is 2. The summed E-state index contributed by atoms with van der Waals surface area (Å²) in [4.78, 5) is 31.0. The molecule has 2 amide bonds. The molecule has 0 unspecified atom stereocenters. The average Bonchev–Trinajstić information content (AvgIpc) is 3.14. The molecule has 0 aromatic heterocycles. The third kappa shape index (κ3) is 13.6. The van der Waals surface area contributed by atoms with Gasteiger partial charge in [0.15, 0.2) is 0 Å². The number of nitrogens with zero attached hydrogens (tertiary/aromatic N) is 2. The van der Waals surface area contributed by atoms with Gasteiger partial charge in [0.2, 0.25) is 11.8 Å². The average molecular weight is 685 g/mol. The van der Waals surface area contributed by atoms with Gasteiger partial charge in [0.05, 0.1) is 14.2 Å². The minimum Gasteiger partial charge on any atom is -0.496 e. The Balaban J connectivity index is 1.36. The number of amides is 2. The second-order valence-electron chi connectivity index (χ2n) is 13.4. The fourth-order valence-corrected chi connectivity index (χ4v) is 6.62. The van der Waals surface area contributed by atoms with Crippen LogP contribution in [0.25, 0.3) is 0 Å². The third-order valence-electron chi connectivity index (χ3n) is 9.60. The molecule has 0 spiro atoms. The van der Waals surface area contributed by atoms with Crippen LogP contribution in [-0.2, 0) is 22.7 Å². The van der Waals surface area contributed by atoms with Crippen molar-refractivity contribution in [1.82, 2.24) is 9.80 Å². The molecular formula is C42H60N4O4. The van der Waals surface area contributed by atoms with E-state index in [4.69, 9.17) is 9.47 Å². The molecule has 2 heterocycles. The fraction of sp³-hybridized carbons (Fsp3) is 0.524. The Morgan fingerprint density at radius 2 is 0.880 bits per heavy atom. The van der Waals surface area contributed by atoms with E-state index in [2.05, 4.69) is 47.0 Å². The zero-order valence-electron chi connectivity index (χ0n) is 30.6. The van der Waals surface area contributed by atoms with Crippen molar-refractivity contribution in [1.29, 1.82) is 0 Å². The number of benzene rings is 3. The summed E-state index contributed by atoms with van der Waals surface area (Å²) in [6.07, 6.45) is 13.4. The van der Waals surface area contributed by atoms with Crippen LogP contribution in [0.2, 0.25) is 0 Å². The molecule has 50 heavy (non-hydrogen) atoms. The van der Waals surface area contributed by atoms with Crippen molar-refractivity contribution in [2.45, 2.75) is 103 Å². The minimum absolute atomic E-state index is 0.222. The van der Waals surface area contributed by atoms with Gasteiger partial charge in [-0.15, -0.1) is 0 Å². The molecule has 5 rings (SSSR count). The topological polar surface area (TPSA) is 83.1 Å². The molecule has 0 fully saturated rings. The van der Waals surface area contributed by atoms with E-state index >= 15 is 0 Å². The number of carbonyl (C=O) groups excluding carboxylic acids is 2. The first-order chi connectivity index (χ1) is 24.6. The Labute approximate surface area is 300 Å². The molecule has 0 radical (unpaired) electrons. The Kier molecular flexibility index (Phi) is 17.4. The first kappa shape index (κ1) is 38.6. The van der Waals surface area contributed by atoms with Crippen LogP contribution in [0, 0.1) is 0 Å². The number of para-hydroxylation sites is 2. The SMILES string of the molecule is COc1ccccc1CN1CCCCCCCCN(Cc2ccccc2OC)C(=O)CCCCCNc2ccc(cc2)NCCCCCC1=O. The number of rotatable bonds is 6. The van der Waals surface area contributed by atoms with Crippen LogP contribution in [0.5, 0.6) is 11.5 Å². The maximum Gasteiger partial charge on any atom is 0.222 e. The number of nitrogens with one attached hydrogen (secondary N) is 2. The van der Waals surface area contributed by atoms with Gasteiger partial charge in [-0.25, -0.2) is 0 Å². The Bertz CT molecular complexity index is 1310. The van der Waals surface area contributed by atoms with Gasteiger partial charge < -0.3 is 29.9 Å². The maximum atomic E-state index is 13.5. The zero-order chi connectivity index (χ0) is 35.2. The number of hydrogen-bond acceptors (Lipinski definition) is 6. The summed E-state index contributed by atoms with van der Waals surface area (Å²) in [5.41, 5.74) is 4.32. The van der Waals surface area contributed by atoms with E-state index in [1.165, 1.54) is 0 Å². The molecule has 2 aliphatic rings. The standard InChI is InChI=1S/C42H60N4O4/c1-49-39-21-13-11-19-35(39)33-45-31-17-5-3-4-6-18-32-46(34-36-20-12-14-22-40(36)50-2)42(48)24-10-8-16-30-44-38-27-25-37(26-28-38)43-29-15-7-9-23-41(45)47/h11-14,19-22,25-28,43-44H,3-10,15-18,23-24,29-34H2,1-2H3. The number of carbonyl (C=O) groups is 2. The van der Waals surface area contributed by atoms with Gasteiger partial charge in [-0.3, -0.25) is 9.59 Å². The largest absolute Gasteiger partial charge is 0.496 e. The Hall–Kier alpha value is -4.20. The molecule has 0 aliphatic carbocycles. The van der Waals surface area contributed by atoms with Crippen LogP contribution in [0.3, 0.4) is 0 Å². The highest BCUT2D eigenvalue weighted by Gasteiger charge is 2.17. The van der Waals surface area contributed by atoms with Gasteiger partial charge in [-0.2, -0.15) is 0 Å². The van der Waals surface area contributed by atoms with E-state index in [9.17, 15) is 9.59 Å². The van der Waals surface area contributed by atoms with Crippen molar-refractivity contribution >= 4 is 23.2 Å². The molecule has 3 aromatic carbocycles. The highest BCUT2D eigenvalue weighted by atomic mass is 16.5. The first-order valence-corrected chi connectivity index (χ1v) is 18.9. The predicted molar refractivity (Wildman–Crippen MR) is 205 cm³/mol. The van der Waals surface area contributed by atoms with E-state index < -0.39 is 0 Å². The summed E-state index contributed by atoms with van der Waals surface area (Å²) < 4.78 is 11.2. The van der Waals surface area contributed by atoms with E-state index in [0.717, 1.165) is 137 Å². The number of fused-ring (bicyclic) bond motifs is 25. The monoisotopic (exact) mass is 684 g/mol. The molecule has 8 nitrogen and oxygen atoms in total. The molecule has 8 heteroatoms. The second-order valence-corrected chi connectivity index (χ2v) is 13.4. The molecule has 272 valence electrons. The van der Waals surface area contributed by atoms with Crippen LogP contribution in [0.4, 0.5) is 11.4 Å². The van der Waals surface area contributed by atoms with Crippen LogP contribution in [0.1, 0.15) is 101 Å². The van der Waals surface area contributed by atoms with Crippen LogP contribution in [-0.4, -0.2) is 62.0 Å². The second kappa shape index (κ2) is 22.5. The molecule has 3 aromatic rings. The maximum absolute atomic E-state index is 13.5. The van der Waals surface area contributed by atoms with Crippen molar-refractivity contribution in [2.75, 3.05) is 51.0 Å². The van der Waals surface area contributed by atoms with Crippen LogP contribution in [0.15, 0.2) is 72.8 Å². The van der Waals surface area contributed by atoms with Crippen molar-refractivity contribution < 1.29 is 19.1 Å². The summed E-state index contributed by atoms with van der Waals surface area (Å²) in [6, 6.07) is 24.5. The number of hydrogen-bond donors (Lipinski definition) is 2. The lowest BCUT2D eigenvalue weighted by molar-refractivity contribution is -0.132. The van der Waals surface area contributed by atoms with Gasteiger partial charge in [-0.05, 0) is 74.9 Å². The lowest BCUT2D eigenvalue weighted by Crippen LogP contribution is -2.31. The highest BCUT2D eigenvalue weighted by molar-refractivity contribution is 5.76. The Morgan fingerprint density at radius 3 is 1.30 bits per heavy atom. The summed E-state index contributed by atoms with van der Waals surface area (Å²) in [5.74, 6) is 2.10. The van der Waals surface area contributed by atoms with E-state index in [-0.39, 0.29) is 11.8 Å².